The van der Waals surface area contributed by atoms with Crippen LogP contribution in [0.2, 0.25) is 0 Å². The summed E-state index contributed by atoms with van der Waals surface area (Å²) in [6.45, 7) is 0.893. The van der Waals surface area contributed by atoms with Crippen LogP contribution in [0.3, 0.4) is 0 Å². The summed E-state index contributed by atoms with van der Waals surface area (Å²) in [5, 5.41) is 3.18. The molecule has 1 aliphatic rings. The molecule has 6 heteroatoms. The van der Waals surface area contributed by atoms with E-state index >= 15 is 0 Å². The summed E-state index contributed by atoms with van der Waals surface area (Å²) < 4.78 is 45.0. The van der Waals surface area contributed by atoms with E-state index in [2.05, 4.69) is 10.1 Å². The molecule has 0 aromatic heterocycles. The second-order valence-electron chi connectivity index (χ2n) is 3.86. The normalized spacial score (nSPS) is 23.1. The van der Waals surface area contributed by atoms with E-state index in [9.17, 15) is 13.2 Å². The molecule has 1 saturated heterocycles. The molecule has 0 aromatic rings. The Morgan fingerprint density at radius 1 is 1.25 bits per heavy atom. The maximum absolute atomic E-state index is 11.7. The lowest BCUT2D eigenvalue weighted by atomic mass is 10.1. The van der Waals surface area contributed by atoms with Crippen LogP contribution in [0.5, 0.6) is 0 Å². The number of nitrogens with one attached hydrogen (secondary N) is 1. The van der Waals surface area contributed by atoms with Crippen molar-refractivity contribution in [2.75, 3.05) is 33.0 Å². The molecule has 0 radical (unpaired) electrons. The average molecular weight is 241 g/mol. The molecular weight excluding hydrogens is 223 g/mol. The number of ether oxygens (including phenoxy) is 2. The molecule has 1 atom stereocenters. The molecule has 16 heavy (non-hydrogen) atoms. The Bertz CT molecular complexity index is 179. The Morgan fingerprint density at radius 2 is 2.06 bits per heavy atom. The van der Waals surface area contributed by atoms with Gasteiger partial charge in [0.1, 0.15) is 6.61 Å². The molecule has 0 aliphatic carbocycles. The zero-order valence-electron chi connectivity index (χ0n) is 9.18. The zero-order valence-corrected chi connectivity index (χ0v) is 9.18. The van der Waals surface area contributed by atoms with Gasteiger partial charge in [-0.1, -0.05) is 0 Å². The van der Waals surface area contributed by atoms with Crippen molar-refractivity contribution in [3.8, 4) is 0 Å². The Hall–Kier alpha value is -0.330. The molecule has 0 spiro atoms. The lowest BCUT2D eigenvalue weighted by Crippen LogP contribution is -2.33. The quantitative estimate of drug-likeness (QED) is 0.743. The van der Waals surface area contributed by atoms with Gasteiger partial charge in [0, 0.05) is 25.8 Å². The first kappa shape index (κ1) is 13.7. The van der Waals surface area contributed by atoms with Gasteiger partial charge in [-0.05, 0) is 19.3 Å². The lowest BCUT2D eigenvalue weighted by Gasteiger charge is -2.15. The SMILES string of the molecule is FC(F)(F)COCCNC1CCCOCC1. The monoisotopic (exact) mass is 241 g/mol. The van der Waals surface area contributed by atoms with Gasteiger partial charge in [0.2, 0.25) is 0 Å². The Balaban J connectivity index is 1.97. The van der Waals surface area contributed by atoms with Crippen LogP contribution in [-0.4, -0.2) is 45.2 Å². The molecule has 0 bridgehead atoms. The highest BCUT2D eigenvalue weighted by molar-refractivity contribution is 4.68. The Kier molecular flexibility index (Phi) is 6.08. The molecule has 0 aromatic carbocycles. The molecule has 1 aliphatic heterocycles. The van der Waals surface area contributed by atoms with E-state index in [4.69, 9.17) is 4.74 Å². The van der Waals surface area contributed by atoms with E-state index in [1.54, 1.807) is 0 Å². The highest BCUT2D eigenvalue weighted by Crippen LogP contribution is 2.14. The summed E-state index contributed by atoms with van der Waals surface area (Å²) in [6, 6.07) is 0.344. The standard InChI is InChI=1S/C10H18F3NO2/c11-10(12,13)8-16-7-4-14-9-2-1-5-15-6-3-9/h9,14H,1-8H2. The number of hydrogen-bond donors (Lipinski definition) is 1. The molecule has 1 fully saturated rings. The molecule has 0 amide bonds. The van der Waals surface area contributed by atoms with Crippen LogP contribution in [0, 0.1) is 0 Å². The molecule has 3 nitrogen and oxygen atoms in total. The predicted molar refractivity (Wildman–Crippen MR) is 53.3 cm³/mol. The van der Waals surface area contributed by atoms with Crippen molar-refractivity contribution in [2.24, 2.45) is 0 Å². The van der Waals surface area contributed by atoms with Crippen LogP contribution < -0.4 is 5.32 Å². The second-order valence-corrected chi connectivity index (χ2v) is 3.86. The van der Waals surface area contributed by atoms with E-state index in [1.807, 2.05) is 0 Å². The zero-order chi connectivity index (χ0) is 11.9. The highest BCUT2D eigenvalue weighted by atomic mass is 19.4. The van der Waals surface area contributed by atoms with Crippen molar-refractivity contribution in [3.05, 3.63) is 0 Å². The Morgan fingerprint density at radius 3 is 2.81 bits per heavy atom. The van der Waals surface area contributed by atoms with Gasteiger partial charge in [0.25, 0.3) is 0 Å². The molecule has 1 unspecified atom stereocenters. The lowest BCUT2D eigenvalue weighted by molar-refractivity contribution is -0.173. The molecule has 1 heterocycles. The first-order valence-electron chi connectivity index (χ1n) is 5.53. The average Bonchev–Trinajstić information content (AvgIpc) is 2.44. The van der Waals surface area contributed by atoms with Crippen LogP contribution in [-0.2, 0) is 9.47 Å². The maximum Gasteiger partial charge on any atom is 0.411 e. The van der Waals surface area contributed by atoms with Crippen LogP contribution in [0.1, 0.15) is 19.3 Å². The molecule has 1 N–H and O–H groups in total. The van der Waals surface area contributed by atoms with Crippen LogP contribution in [0.25, 0.3) is 0 Å². The van der Waals surface area contributed by atoms with E-state index in [0.717, 1.165) is 32.5 Å². The molecule has 0 saturated carbocycles. The topological polar surface area (TPSA) is 30.5 Å². The van der Waals surface area contributed by atoms with Crippen molar-refractivity contribution < 1.29 is 22.6 Å². The first-order valence-corrected chi connectivity index (χ1v) is 5.53. The van der Waals surface area contributed by atoms with E-state index in [0.29, 0.717) is 12.6 Å². The molecule has 96 valence electrons. The Labute approximate surface area is 93.3 Å². The fraction of sp³-hybridized carbons (Fsp3) is 1.00. The second kappa shape index (κ2) is 7.09. The van der Waals surface area contributed by atoms with Crippen LogP contribution >= 0.6 is 0 Å². The third kappa shape index (κ3) is 7.03. The summed E-state index contributed by atoms with van der Waals surface area (Å²) >= 11 is 0. The summed E-state index contributed by atoms with van der Waals surface area (Å²) in [6.07, 6.45) is -1.30. The van der Waals surface area contributed by atoms with Crippen molar-refractivity contribution >= 4 is 0 Å². The number of alkyl halides is 3. The largest absolute Gasteiger partial charge is 0.411 e. The van der Waals surface area contributed by atoms with Crippen molar-refractivity contribution in [1.29, 1.82) is 0 Å². The number of halogens is 3. The van der Waals surface area contributed by atoms with Crippen molar-refractivity contribution in [1.82, 2.24) is 5.32 Å². The van der Waals surface area contributed by atoms with E-state index < -0.39 is 12.8 Å². The van der Waals surface area contributed by atoms with Crippen molar-refractivity contribution in [2.45, 2.75) is 31.5 Å². The molecular formula is C10H18F3NO2. The predicted octanol–water partition coefficient (Wildman–Crippen LogP) is 1.72. The fourth-order valence-corrected chi connectivity index (χ4v) is 1.63. The van der Waals surface area contributed by atoms with Gasteiger partial charge < -0.3 is 14.8 Å². The van der Waals surface area contributed by atoms with Gasteiger partial charge in [0.15, 0.2) is 0 Å². The summed E-state index contributed by atoms with van der Waals surface area (Å²) in [5.74, 6) is 0. The number of hydrogen-bond acceptors (Lipinski definition) is 3. The molecule has 1 rings (SSSR count). The van der Waals surface area contributed by atoms with E-state index in [-0.39, 0.29) is 6.61 Å². The van der Waals surface area contributed by atoms with E-state index in [1.165, 1.54) is 0 Å². The minimum Gasteiger partial charge on any atom is -0.381 e. The van der Waals surface area contributed by atoms with Gasteiger partial charge in [-0.25, -0.2) is 0 Å². The van der Waals surface area contributed by atoms with Gasteiger partial charge in [-0.3, -0.25) is 0 Å². The van der Waals surface area contributed by atoms with Gasteiger partial charge >= 0.3 is 6.18 Å². The third-order valence-electron chi connectivity index (χ3n) is 2.40. The smallest absolute Gasteiger partial charge is 0.381 e. The minimum atomic E-state index is -4.23. The number of rotatable bonds is 5. The van der Waals surface area contributed by atoms with Crippen LogP contribution in [0.4, 0.5) is 13.2 Å². The van der Waals surface area contributed by atoms with Gasteiger partial charge in [-0.2, -0.15) is 13.2 Å². The minimum absolute atomic E-state index is 0.0941. The first-order chi connectivity index (χ1) is 7.58. The van der Waals surface area contributed by atoms with Crippen LogP contribution in [0.15, 0.2) is 0 Å². The summed E-state index contributed by atoms with van der Waals surface area (Å²) in [4.78, 5) is 0. The maximum atomic E-state index is 11.7. The fourth-order valence-electron chi connectivity index (χ4n) is 1.63. The highest BCUT2D eigenvalue weighted by Gasteiger charge is 2.27. The summed E-state index contributed by atoms with van der Waals surface area (Å²) in [7, 11) is 0. The summed E-state index contributed by atoms with van der Waals surface area (Å²) in [5.41, 5.74) is 0. The van der Waals surface area contributed by atoms with Crippen molar-refractivity contribution in [3.63, 3.8) is 0 Å². The van der Waals surface area contributed by atoms with Gasteiger partial charge in [0.05, 0.1) is 6.61 Å². The van der Waals surface area contributed by atoms with Gasteiger partial charge in [-0.15, -0.1) is 0 Å². The third-order valence-corrected chi connectivity index (χ3v) is 2.40.